The van der Waals surface area contributed by atoms with Crippen molar-refractivity contribution in [2.24, 2.45) is 0 Å². The van der Waals surface area contributed by atoms with E-state index in [-0.39, 0.29) is 11.8 Å². The lowest BCUT2D eigenvalue weighted by Gasteiger charge is -2.21. The molecule has 0 aliphatic carbocycles. The standard InChI is InChI=1S/C12H26N4O3/c1-13-11(17)5-8-16(7-4-10-19-15-3)9-6-12(18)14-2/h15H,4-10H2,1-3H3,(H,13,17)(H,14,18). The Bertz CT molecular complexity index is 241. The molecule has 0 aromatic carbocycles. The van der Waals surface area contributed by atoms with Gasteiger partial charge < -0.3 is 20.4 Å². The van der Waals surface area contributed by atoms with E-state index < -0.39 is 0 Å². The van der Waals surface area contributed by atoms with Gasteiger partial charge in [-0.2, -0.15) is 0 Å². The minimum Gasteiger partial charge on any atom is -0.359 e. The van der Waals surface area contributed by atoms with Crippen molar-refractivity contribution >= 4 is 11.8 Å². The molecule has 0 aromatic heterocycles. The van der Waals surface area contributed by atoms with Gasteiger partial charge in [-0.15, -0.1) is 0 Å². The molecular formula is C12H26N4O3. The fourth-order valence-corrected chi connectivity index (χ4v) is 1.57. The van der Waals surface area contributed by atoms with Gasteiger partial charge in [0.2, 0.25) is 11.8 Å². The van der Waals surface area contributed by atoms with Crippen LogP contribution in [0.4, 0.5) is 0 Å². The van der Waals surface area contributed by atoms with Crippen molar-refractivity contribution in [2.75, 3.05) is 47.4 Å². The van der Waals surface area contributed by atoms with Crippen LogP contribution in [0.1, 0.15) is 19.3 Å². The van der Waals surface area contributed by atoms with Crippen LogP contribution >= 0.6 is 0 Å². The Labute approximate surface area is 115 Å². The van der Waals surface area contributed by atoms with Crippen molar-refractivity contribution < 1.29 is 14.4 Å². The van der Waals surface area contributed by atoms with E-state index in [9.17, 15) is 9.59 Å². The molecule has 0 atom stereocenters. The van der Waals surface area contributed by atoms with Crippen LogP contribution in [-0.4, -0.2) is 64.1 Å². The molecule has 19 heavy (non-hydrogen) atoms. The molecule has 0 aromatic rings. The van der Waals surface area contributed by atoms with Gasteiger partial charge in [-0.3, -0.25) is 9.59 Å². The topological polar surface area (TPSA) is 82.7 Å². The molecule has 0 aliphatic heterocycles. The number of rotatable bonds is 11. The second-order valence-corrected chi connectivity index (χ2v) is 4.09. The highest BCUT2D eigenvalue weighted by atomic mass is 16.6. The molecule has 0 saturated heterocycles. The minimum absolute atomic E-state index is 0.0106. The minimum atomic E-state index is 0.0106. The average molecular weight is 274 g/mol. The first-order valence-electron chi connectivity index (χ1n) is 6.56. The zero-order chi connectivity index (χ0) is 14.5. The van der Waals surface area contributed by atoms with E-state index >= 15 is 0 Å². The molecule has 7 nitrogen and oxygen atoms in total. The van der Waals surface area contributed by atoms with Gasteiger partial charge in [0.15, 0.2) is 0 Å². The second-order valence-electron chi connectivity index (χ2n) is 4.09. The maximum Gasteiger partial charge on any atom is 0.221 e. The van der Waals surface area contributed by atoms with Crippen molar-refractivity contribution in [3.05, 3.63) is 0 Å². The van der Waals surface area contributed by atoms with Crippen LogP contribution in [0.5, 0.6) is 0 Å². The molecule has 0 spiro atoms. The molecule has 7 heteroatoms. The summed E-state index contributed by atoms with van der Waals surface area (Å²) in [6, 6.07) is 0. The van der Waals surface area contributed by atoms with Crippen molar-refractivity contribution in [1.29, 1.82) is 0 Å². The summed E-state index contributed by atoms with van der Waals surface area (Å²) in [4.78, 5) is 29.6. The fraction of sp³-hybridized carbons (Fsp3) is 0.833. The summed E-state index contributed by atoms with van der Waals surface area (Å²) < 4.78 is 0. The Kier molecular flexibility index (Phi) is 11.1. The Morgan fingerprint density at radius 3 is 1.89 bits per heavy atom. The van der Waals surface area contributed by atoms with E-state index in [1.54, 1.807) is 21.1 Å². The maximum absolute atomic E-state index is 11.2. The van der Waals surface area contributed by atoms with Gasteiger partial charge in [-0.25, -0.2) is 5.48 Å². The summed E-state index contributed by atoms with van der Waals surface area (Å²) in [5.74, 6) is 0.0211. The predicted octanol–water partition coefficient (Wildman–Crippen LogP) is -0.898. The number of nitrogens with one attached hydrogen (secondary N) is 3. The predicted molar refractivity (Wildman–Crippen MR) is 73.4 cm³/mol. The molecule has 0 heterocycles. The summed E-state index contributed by atoms with van der Waals surface area (Å²) in [7, 11) is 4.96. The van der Waals surface area contributed by atoms with E-state index in [1.165, 1.54) is 0 Å². The lowest BCUT2D eigenvalue weighted by atomic mass is 10.3. The summed E-state index contributed by atoms with van der Waals surface area (Å²) in [5, 5.41) is 5.19. The van der Waals surface area contributed by atoms with E-state index in [4.69, 9.17) is 4.84 Å². The SMILES string of the molecule is CNOCCCN(CCC(=O)NC)CCC(=O)NC. The Hall–Kier alpha value is -1.18. The number of hydrogen-bond donors (Lipinski definition) is 3. The van der Waals surface area contributed by atoms with Crippen LogP contribution in [0.25, 0.3) is 0 Å². The van der Waals surface area contributed by atoms with E-state index in [2.05, 4.69) is 21.0 Å². The molecule has 0 saturated carbocycles. The number of hydrogen-bond acceptors (Lipinski definition) is 5. The van der Waals surface area contributed by atoms with Gasteiger partial charge in [0.05, 0.1) is 6.61 Å². The third-order valence-electron chi connectivity index (χ3n) is 2.73. The van der Waals surface area contributed by atoms with Crippen molar-refractivity contribution in [3.8, 4) is 0 Å². The van der Waals surface area contributed by atoms with Crippen LogP contribution in [-0.2, 0) is 14.4 Å². The number of nitrogens with zero attached hydrogens (tertiary/aromatic N) is 1. The first kappa shape index (κ1) is 17.8. The Morgan fingerprint density at radius 2 is 1.47 bits per heavy atom. The lowest BCUT2D eigenvalue weighted by molar-refractivity contribution is -0.120. The van der Waals surface area contributed by atoms with Gasteiger partial charge in [0, 0.05) is 53.6 Å². The fourth-order valence-electron chi connectivity index (χ4n) is 1.57. The van der Waals surface area contributed by atoms with Crippen LogP contribution in [0, 0.1) is 0 Å². The highest BCUT2D eigenvalue weighted by molar-refractivity contribution is 5.76. The Morgan fingerprint density at radius 1 is 0.947 bits per heavy atom. The highest BCUT2D eigenvalue weighted by Gasteiger charge is 2.09. The third-order valence-corrected chi connectivity index (χ3v) is 2.73. The van der Waals surface area contributed by atoms with Crippen molar-refractivity contribution in [2.45, 2.75) is 19.3 Å². The van der Waals surface area contributed by atoms with Crippen LogP contribution in [0.2, 0.25) is 0 Å². The number of carbonyl (C=O) groups is 2. The Balaban J connectivity index is 3.98. The third kappa shape index (κ3) is 10.4. The summed E-state index contributed by atoms with van der Waals surface area (Å²) in [5.41, 5.74) is 2.61. The zero-order valence-corrected chi connectivity index (χ0v) is 12.1. The lowest BCUT2D eigenvalue weighted by Crippen LogP contribution is -2.34. The molecule has 0 aliphatic rings. The quantitative estimate of drug-likeness (QED) is 0.336. The largest absolute Gasteiger partial charge is 0.359 e. The smallest absolute Gasteiger partial charge is 0.221 e. The normalized spacial score (nSPS) is 10.5. The summed E-state index contributed by atoms with van der Waals surface area (Å²) in [6.07, 6.45) is 1.73. The molecule has 0 fully saturated rings. The number of carbonyl (C=O) groups excluding carboxylic acids is 2. The first-order chi connectivity index (χ1) is 9.13. The molecule has 3 N–H and O–H groups in total. The number of hydroxylamine groups is 1. The maximum atomic E-state index is 11.2. The van der Waals surface area contributed by atoms with E-state index in [0.717, 1.165) is 13.0 Å². The molecule has 0 rings (SSSR count). The molecule has 0 unspecified atom stereocenters. The van der Waals surface area contributed by atoms with E-state index in [1.807, 2.05) is 0 Å². The van der Waals surface area contributed by atoms with Crippen LogP contribution in [0.3, 0.4) is 0 Å². The first-order valence-corrected chi connectivity index (χ1v) is 6.56. The van der Waals surface area contributed by atoms with Crippen molar-refractivity contribution in [1.82, 2.24) is 21.0 Å². The molecular weight excluding hydrogens is 248 g/mol. The van der Waals surface area contributed by atoms with Crippen LogP contribution in [0.15, 0.2) is 0 Å². The highest BCUT2D eigenvalue weighted by Crippen LogP contribution is 1.97. The molecule has 2 amide bonds. The molecule has 0 radical (unpaired) electrons. The monoisotopic (exact) mass is 274 g/mol. The van der Waals surface area contributed by atoms with Gasteiger partial charge >= 0.3 is 0 Å². The second kappa shape index (κ2) is 11.9. The summed E-state index contributed by atoms with van der Waals surface area (Å²) >= 11 is 0. The molecule has 0 bridgehead atoms. The number of amides is 2. The van der Waals surface area contributed by atoms with E-state index in [0.29, 0.717) is 32.5 Å². The summed E-state index contributed by atoms with van der Waals surface area (Å²) in [6.45, 7) is 2.70. The van der Waals surface area contributed by atoms with Gasteiger partial charge in [-0.05, 0) is 6.42 Å². The van der Waals surface area contributed by atoms with Crippen LogP contribution < -0.4 is 16.1 Å². The van der Waals surface area contributed by atoms with Gasteiger partial charge in [-0.1, -0.05) is 0 Å². The van der Waals surface area contributed by atoms with Gasteiger partial charge in [0.1, 0.15) is 0 Å². The van der Waals surface area contributed by atoms with Gasteiger partial charge in [0.25, 0.3) is 0 Å². The van der Waals surface area contributed by atoms with Crippen molar-refractivity contribution in [3.63, 3.8) is 0 Å². The molecule has 112 valence electrons. The average Bonchev–Trinajstić information content (AvgIpc) is 2.44. The zero-order valence-electron chi connectivity index (χ0n) is 12.1.